The third kappa shape index (κ3) is 3.46. The molecule has 1 saturated carbocycles. The van der Waals surface area contributed by atoms with Gasteiger partial charge in [-0.1, -0.05) is 6.92 Å². The molecule has 0 aromatic carbocycles. The Kier molecular flexibility index (Phi) is 4.27. The van der Waals surface area contributed by atoms with Crippen LogP contribution in [0.1, 0.15) is 26.2 Å². The van der Waals surface area contributed by atoms with Crippen LogP contribution in [-0.2, 0) is 0 Å². The Balaban J connectivity index is 1.49. The summed E-state index contributed by atoms with van der Waals surface area (Å²) >= 11 is 0. The molecule has 0 bridgehead atoms. The second kappa shape index (κ2) is 6.33. The summed E-state index contributed by atoms with van der Waals surface area (Å²) in [5, 5.41) is 3.21. The van der Waals surface area contributed by atoms with Gasteiger partial charge in [0.25, 0.3) is 0 Å². The standard InChI is InChI=1S/C16H24N4O/c1-2-15(13-5-6-13)18-16(21)20-10-8-19(9-11-20)14-4-3-7-17-12-14/h3-4,7,12-13,15H,2,5-6,8-11H2,1H3,(H,18,21). The first-order valence-electron chi connectivity index (χ1n) is 7.98. The van der Waals surface area contributed by atoms with Crippen LogP contribution in [0.5, 0.6) is 0 Å². The molecule has 1 unspecified atom stereocenters. The number of hydrogen-bond donors (Lipinski definition) is 1. The van der Waals surface area contributed by atoms with Crippen LogP contribution in [0.2, 0.25) is 0 Å². The van der Waals surface area contributed by atoms with E-state index in [1.807, 2.05) is 17.2 Å². The number of carbonyl (C=O) groups excluding carboxylic acids is 1. The van der Waals surface area contributed by atoms with Gasteiger partial charge in [-0.25, -0.2) is 4.79 Å². The van der Waals surface area contributed by atoms with Crippen molar-refractivity contribution in [1.82, 2.24) is 15.2 Å². The second-order valence-electron chi connectivity index (χ2n) is 5.99. The van der Waals surface area contributed by atoms with Crippen LogP contribution in [0, 0.1) is 5.92 Å². The zero-order valence-electron chi connectivity index (χ0n) is 12.7. The number of hydrogen-bond acceptors (Lipinski definition) is 3. The lowest BCUT2D eigenvalue weighted by molar-refractivity contribution is 0.188. The van der Waals surface area contributed by atoms with Crippen molar-refractivity contribution in [3.63, 3.8) is 0 Å². The number of amides is 2. The molecule has 3 rings (SSSR count). The minimum absolute atomic E-state index is 0.111. The maximum Gasteiger partial charge on any atom is 0.317 e. The highest BCUT2D eigenvalue weighted by atomic mass is 16.2. The molecule has 1 aromatic rings. The SMILES string of the molecule is CCC(NC(=O)N1CCN(c2cccnc2)CC1)C1CC1. The first-order chi connectivity index (χ1) is 10.3. The molecular formula is C16H24N4O. The number of piperazine rings is 1. The zero-order chi connectivity index (χ0) is 14.7. The van der Waals surface area contributed by atoms with Gasteiger partial charge in [-0.15, -0.1) is 0 Å². The lowest BCUT2D eigenvalue weighted by Gasteiger charge is -2.36. The maximum absolute atomic E-state index is 12.3. The largest absolute Gasteiger partial charge is 0.367 e. The van der Waals surface area contributed by atoms with Crippen LogP contribution in [0.4, 0.5) is 10.5 Å². The highest BCUT2D eigenvalue weighted by Gasteiger charge is 2.32. The van der Waals surface area contributed by atoms with E-state index in [4.69, 9.17) is 0 Å². The van der Waals surface area contributed by atoms with E-state index in [0.717, 1.165) is 44.2 Å². The topological polar surface area (TPSA) is 48.5 Å². The summed E-state index contributed by atoms with van der Waals surface area (Å²) in [4.78, 5) is 20.7. The minimum atomic E-state index is 0.111. The van der Waals surface area contributed by atoms with Gasteiger partial charge in [-0.3, -0.25) is 4.98 Å². The van der Waals surface area contributed by atoms with Gasteiger partial charge < -0.3 is 15.1 Å². The number of nitrogens with zero attached hydrogens (tertiary/aromatic N) is 3. The molecule has 1 aliphatic heterocycles. The van der Waals surface area contributed by atoms with Crippen LogP contribution >= 0.6 is 0 Å². The van der Waals surface area contributed by atoms with Gasteiger partial charge in [0, 0.05) is 38.4 Å². The highest BCUT2D eigenvalue weighted by Crippen LogP contribution is 2.34. The average molecular weight is 288 g/mol. The molecule has 1 N–H and O–H groups in total. The van der Waals surface area contributed by atoms with E-state index >= 15 is 0 Å². The van der Waals surface area contributed by atoms with Crippen molar-refractivity contribution in [3.8, 4) is 0 Å². The molecule has 1 aromatic heterocycles. The molecule has 2 heterocycles. The fraction of sp³-hybridized carbons (Fsp3) is 0.625. The van der Waals surface area contributed by atoms with Gasteiger partial charge >= 0.3 is 6.03 Å². The van der Waals surface area contributed by atoms with Crippen molar-refractivity contribution in [2.24, 2.45) is 5.92 Å². The quantitative estimate of drug-likeness (QED) is 0.923. The molecule has 2 amide bonds. The molecule has 1 atom stereocenters. The zero-order valence-corrected chi connectivity index (χ0v) is 12.7. The van der Waals surface area contributed by atoms with Crippen molar-refractivity contribution in [2.45, 2.75) is 32.2 Å². The third-order valence-corrected chi connectivity index (χ3v) is 4.52. The van der Waals surface area contributed by atoms with E-state index in [-0.39, 0.29) is 6.03 Å². The molecule has 1 aliphatic carbocycles. The first kappa shape index (κ1) is 14.2. The van der Waals surface area contributed by atoms with E-state index in [1.54, 1.807) is 6.20 Å². The monoisotopic (exact) mass is 288 g/mol. The Labute approximate surface area is 126 Å². The van der Waals surface area contributed by atoms with Gasteiger partial charge in [0.1, 0.15) is 0 Å². The first-order valence-corrected chi connectivity index (χ1v) is 7.98. The van der Waals surface area contributed by atoms with E-state index in [0.29, 0.717) is 6.04 Å². The van der Waals surface area contributed by atoms with E-state index in [9.17, 15) is 4.79 Å². The van der Waals surface area contributed by atoms with Crippen molar-refractivity contribution in [3.05, 3.63) is 24.5 Å². The Morgan fingerprint density at radius 2 is 2.14 bits per heavy atom. The lowest BCUT2D eigenvalue weighted by atomic mass is 10.1. The Morgan fingerprint density at radius 1 is 1.38 bits per heavy atom. The molecule has 2 aliphatic rings. The normalized spacial score (nSPS) is 20.2. The molecule has 2 fully saturated rings. The van der Waals surface area contributed by atoms with Gasteiger partial charge in [0.2, 0.25) is 0 Å². The van der Waals surface area contributed by atoms with Crippen molar-refractivity contribution >= 4 is 11.7 Å². The Morgan fingerprint density at radius 3 is 2.71 bits per heavy atom. The van der Waals surface area contributed by atoms with Gasteiger partial charge in [0.05, 0.1) is 11.9 Å². The predicted molar refractivity (Wildman–Crippen MR) is 83.4 cm³/mol. The number of carbonyl (C=O) groups is 1. The molecule has 1 saturated heterocycles. The van der Waals surface area contributed by atoms with Gasteiger partial charge in [-0.2, -0.15) is 0 Å². The van der Waals surface area contributed by atoms with Crippen LogP contribution in [0.3, 0.4) is 0 Å². The van der Waals surface area contributed by atoms with E-state index in [2.05, 4.69) is 28.2 Å². The summed E-state index contributed by atoms with van der Waals surface area (Å²) < 4.78 is 0. The van der Waals surface area contributed by atoms with E-state index < -0.39 is 0 Å². The number of anilines is 1. The number of rotatable bonds is 4. The van der Waals surface area contributed by atoms with Gasteiger partial charge in [0.15, 0.2) is 0 Å². The average Bonchev–Trinajstić information content (AvgIpc) is 3.38. The predicted octanol–water partition coefficient (Wildman–Crippen LogP) is 2.10. The summed E-state index contributed by atoms with van der Waals surface area (Å²) in [6.45, 7) is 5.46. The van der Waals surface area contributed by atoms with Gasteiger partial charge in [-0.05, 0) is 37.3 Å². The number of aromatic nitrogens is 1. The lowest BCUT2D eigenvalue weighted by Crippen LogP contribution is -2.53. The Hall–Kier alpha value is -1.78. The summed E-state index contributed by atoms with van der Waals surface area (Å²) in [6.07, 6.45) is 7.25. The molecule has 5 nitrogen and oxygen atoms in total. The molecule has 21 heavy (non-hydrogen) atoms. The molecular weight excluding hydrogens is 264 g/mol. The summed E-state index contributed by atoms with van der Waals surface area (Å²) in [7, 11) is 0. The third-order valence-electron chi connectivity index (χ3n) is 4.52. The van der Waals surface area contributed by atoms with E-state index in [1.165, 1.54) is 12.8 Å². The summed E-state index contributed by atoms with van der Waals surface area (Å²) in [6, 6.07) is 4.51. The fourth-order valence-electron chi connectivity index (χ4n) is 3.01. The molecule has 0 spiro atoms. The summed E-state index contributed by atoms with van der Waals surface area (Å²) in [5.41, 5.74) is 1.14. The fourth-order valence-corrected chi connectivity index (χ4v) is 3.01. The molecule has 114 valence electrons. The summed E-state index contributed by atoms with van der Waals surface area (Å²) in [5.74, 6) is 0.718. The highest BCUT2D eigenvalue weighted by molar-refractivity contribution is 5.75. The van der Waals surface area contributed by atoms with Crippen molar-refractivity contribution in [1.29, 1.82) is 0 Å². The number of urea groups is 1. The van der Waals surface area contributed by atoms with Crippen LogP contribution in [0.15, 0.2) is 24.5 Å². The molecule has 0 radical (unpaired) electrons. The van der Waals surface area contributed by atoms with Crippen molar-refractivity contribution in [2.75, 3.05) is 31.1 Å². The van der Waals surface area contributed by atoms with Crippen molar-refractivity contribution < 1.29 is 4.79 Å². The second-order valence-corrected chi connectivity index (χ2v) is 5.99. The number of pyridine rings is 1. The minimum Gasteiger partial charge on any atom is -0.367 e. The van der Waals surface area contributed by atoms with Crippen LogP contribution in [-0.4, -0.2) is 48.1 Å². The maximum atomic E-state index is 12.3. The van der Waals surface area contributed by atoms with Crippen LogP contribution < -0.4 is 10.2 Å². The Bertz CT molecular complexity index is 466. The molecule has 5 heteroatoms. The van der Waals surface area contributed by atoms with Crippen LogP contribution in [0.25, 0.3) is 0 Å². The smallest absolute Gasteiger partial charge is 0.317 e. The number of nitrogens with one attached hydrogen (secondary N) is 1.